The number of nitrogens with zero attached hydrogens (tertiary/aromatic N) is 4. The molecule has 0 aliphatic carbocycles. The van der Waals surface area contributed by atoms with E-state index < -0.39 is 18.6 Å². The number of para-hydroxylation sites is 2. The maximum absolute atomic E-state index is 13.2. The number of methoxy groups -OCH3 is 2. The number of ether oxygens (including phenoxy) is 4. The highest BCUT2D eigenvalue weighted by molar-refractivity contribution is 5.91. The summed E-state index contributed by atoms with van der Waals surface area (Å²) in [5, 5.41) is 0.456. The average Bonchev–Trinajstić information content (AvgIpc) is 2.90. The Bertz CT molecular complexity index is 1340. The number of hydrogen-bond donors (Lipinski definition) is 1. The summed E-state index contributed by atoms with van der Waals surface area (Å²) in [4.78, 5) is 25.6. The summed E-state index contributed by atoms with van der Waals surface area (Å²) in [7, 11) is 3.00. The summed E-state index contributed by atoms with van der Waals surface area (Å²) in [5.74, 6) is 1.30. The molecule has 1 saturated heterocycles. The SMILES string of the molecule is [2H]N([2H])c1nc(N2CCN(C(=O)C3Oc4ccccc4OC3([2H])[2H])CC2)nc2cc(OC)c(OC)cc12. The zero-order valence-electron chi connectivity index (χ0n) is 22.1. The molecule has 0 spiro atoms. The maximum atomic E-state index is 13.2. The lowest BCUT2D eigenvalue weighted by molar-refractivity contribution is -0.141. The maximum Gasteiger partial charge on any atom is 0.267 e. The second kappa shape index (κ2) is 8.53. The van der Waals surface area contributed by atoms with Crippen molar-refractivity contribution >= 4 is 28.6 Å². The van der Waals surface area contributed by atoms with Crippen LogP contribution in [0.2, 0.25) is 2.82 Å². The number of rotatable bonds is 5. The fourth-order valence-corrected chi connectivity index (χ4v) is 3.86. The Labute approximate surface area is 196 Å². The van der Waals surface area contributed by atoms with Gasteiger partial charge in [-0.15, -0.1) is 0 Å². The molecular weight excluding hydrogens is 426 g/mol. The van der Waals surface area contributed by atoms with Gasteiger partial charge in [-0.25, -0.2) is 4.98 Å². The largest absolute Gasteiger partial charge is 0.493 e. The van der Waals surface area contributed by atoms with Crippen molar-refractivity contribution in [2.75, 3.05) is 57.6 Å². The highest BCUT2D eigenvalue weighted by Crippen LogP contribution is 2.34. The molecule has 3 aromatic rings. The normalized spacial score (nSPS) is 20.8. The monoisotopic (exact) mass is 455 g/mol. The Morgan fingerprint density at radius 2 is 1.85 bits per heavy atom. The van der Waals surface area contributed by atoms with Gasteiger partial charge in [-0.2, -0.15) is 4.98 Å². The summed E-state index contributed by atoms with van der Waals surface area (Å²) in [6.07, 6.45) is -1.44. The predicted octanol–water partition coefficient (Wildman–Crippen LogP) is 1.72. The van der Waals surface area contributed by atoms with E-state index in [4.69, 9.17) is 24.5 Å². The van der Waals surface area contributed by atoms with Crippen LogP contribution in [0.3, 0.4) is 0 Å². The molecule has 1 aromatic heterocycles. The third kappa shape index (κ3) is 3.88. The summed E-state index contributed by atoms with van der Waals surface area (Å²) in [6.45, 7) is -1.08. The van der Waals surface area contributed by atoms with Gasteiger partial charge >= 0.3 is 0 Å². The van der Waals surface area contributed by atoms with E-state index in [0.29, 0.717) is 52.9 Å². The molecule has 0 bridgehead atoms. The van der Waals surface area contributed by atoms with Crippen LogP contribution in [0.15, 0.2) is 36.4 Å². The molecular formula is C23H25N5O5. The molecule has 5 rings (SSSR count). The number of nitrogen functional groups attached to an aromatic ring is 1. The number of amides is 1. The fraction of sp³-hybridized carbons (Fsp3) is 0.348. The van der Waals surface area contributed by atoms with E-state index in [1.165, 1.54) is 19.1 Å². The third-order valence-corrected chi connectivity index (χ3v) is 5.64. The van der Waals surface area contributed by atoms with Gasteiger partial charge in [0.2, 0.25) is 12.1 Å². The van der Waals surface area contributed by atoms with Crippen molar-refractivity contribution in [3.05, 3.63) is 36.4 Å². The van der Waals surface area contributed by atoms with E-state index in [2.05, 4.69) is 9.97 Å². The van der Waals surface area contributed by atoms with E-state index in [9.17, 15) is 4.79 Å². The van der Waals surface area contributed by atoms with Crippen LogP contribution in [0.1, 0.15) is 2.74 Å². The molecule has 0 radical (unpaired) electrons. The number of anilines is 2. The van der Waals surface area contributed by atoms with Gasteiger partial charge in [0.15, 0.2) is 25.8 Å². The van der Waals surface area contributed by atoms with Gasteiger partial charge in [-0.1, -0.05) is 12.1 Å². The number of fused-ring (bicyclic) bond motifs is 2. The van der Waals surface area contributed by atoms with Crippen molar-refractivity contribution in [2.45, 2.75) is 6.10 Å². The first kappa shape index (κ1) is 16.7. The predicted molar refractivity (Wildman–Crippen MR) is 122 cm³/mol. The first-order chi connectivity index (χ1) is 17.7. The number of piperazine rings is 1. The van der Waals surface area contributed by atoms with Crippen molar-refractivity contribution in [1.29, 1.82) is 0 Å². The number of benzene rings is 2. The topological polar surface area (TPSA) is 112 Å². The van der Waals surface area contributed by atoms with Crippen LogP contribution in [0, 0.1) is 0 Å². The summed E-state index contributed by atoms with van der Waals surface area (Å²) in [6, 6.07) is 9.93. The molecule has 2 aromatic carbocycles. The molecule has 33 heavy (non-hydrogen) atoms. The average molecular weight is 456 g/mol. The Balaban J connectivity index is 1.35. The van der Waals surface area contributed by atoms with Gasteiger partial charge in [0.25, 0.3) is 5.91 Å². The van der Waals surface area contributed by atoms with Crippen LogP contribution < -0.4 is 29.6 Å². The molecule has 2 aliphatic heterocycles. The Morgan fingerprint density at radius 3 is 2.58 bits per heavy atom. The van der Waals surface area contributed by atoms with Gasteiger partial charge in [0, 0.05) is 37.6 Å². The molecule has 2 aliphatic rings. The van der Waals surface area contributed by atoms with E-state index in [1.54, 1.807) is 36.4 Å². The highest BCUT2D eigenvalue weighted by Gasteiger charge is 2.33. The Morgan fingerprint density at radius 1 is 1.12 bits per heavy atom. The minimum atomic E-state index is -2.33. The van der Waals surface area contributed by atoms with Crippen LogP contribution in [-0.4, -0.2) is 73.8 Å². The molecule has 1 amide bonds. The van der Waals surface area contributed by atoms with Crippen molar-refractivity contribution in [3.63, 3.8) is 0 Å². The van der Waals surface area contributed by atoms with E-state index in [1.807, 2.05) is 4.90 Å². The molecule has 0 saturated carbocycles. The summed E-state index contributed by atoms with van der Waals surface area (Å²) < 4.78 is 53.9. The van der Waals surface area contributed by atoms with Crippen LogP contribution in [0.5, 0.6) is 23.0 Å². The second-order valence-electron chi connectivity index (χ2n) is 7.55. The molecule has 3 heterocycles. The minimum absolute atomic E-state index is 0.0686. The lowest BCUT2D eigenvalue weighted by atomic mass is 10.2. The molecule has 1 unspecified atom stereocenters. The molecule has 2 N–H and O–H groups in total. The van der Waals surface area contributed by atoms with Crippen LogP contribution in [0.25, 0.3) is 10.9 Å². The Kier molecular flexibility index (Phi) is 4.30. The third-order valence-electron chi connectivity index (χ3n) is 5.64. The molecule has 1 atom stereocenters. The van der Waals surface area contributed by atoms with Crippen LogP contribution in [-0.2, 0) is 4.79 Å². The van der Waals surface area contributed by atoms with Crippen LogP contribution in [0.4, 0.5) is 11.8 Å². The number of carbonyl (C=O) groups is 1. The number of aromatic nitrogens is 2. The minimum Gasteiger partial charge on any atom is -0.493 e. The zero-order chi connectivity index (χ0) is 26.3. The van der Waals surface area contributed by atoms with Crippen molar-refractivity contribution in [2.24, 2.45) is 0 Å². The quantitative estimate of drug-likeness (QED) is 0.614. The van der Waals surface area contributed by atoms with Gasteiger partial charge < -0.3 is 34.5 Å². The number of carbonyl (C=O) groups excluding carboxylic acids is 1. The first-order valence-electron chi connectivity index (χ1n) is 12.3. The smallest absolute Gasteiger partial charge is 0.267 e. The molecule has 172 valence electrons. The Hall–Kier alpha value is -3.95. The van der Waals surface area contributed by atoms with Crippen molar-refractivity contribution in [3.8, 4) is 23.0 Å². The van der Waals surface area contributed by atoms with Crippen molar-refractivity contribution in [1.82, 2.24) is 14.9 Å². The van der Waals surface area contributed by atoms with Crippen molar-refractivity contribution < 1.29 is 29.3 Å². The summed E-state index contributed by atoms with van der Waals surface area (Å²) in [5.41, 5.74) is 0.889. The van der Waals surface area contributed by atoms with E-state index >= 15 is 0 Å². The lowest BCUT2D eigenvalue weighted by Crippen LogP contribution is -2.54. The first-order valence-corrected chi connectivity index (χ1v) is 10.4. The van der Waals surface area contributed by atoms with Gasteiger partial charge in [0.1, 0.15) is 12.4 Å². The second-order valence-corrected chi connectivity index (χ2v) is 7.55. The van der Waals surface area contributed by atoms with E-state index in [0.717, 1.165) is 0 Å². The fourth-order valence-electron chi connectivity index (χ4n) is 3.86. The lowest BCUT2D eigenvalue weighted by Gasteiger charge is -2.37. The zero-order valence-corrected chi connectivity index (χ0v) is 18.1. The summed E-state index contributed by atoms with van der Waals surface area (Å²) >= 11 is 0. The van der Waals surface area contributed by atoms with Gasteiger partial charge in [0.05, 0.1) is 22.5 Å². The number of nitrogens with two attached hydrogens (primary N) is 1. The van der Waals surface area contributed by atoms with Gasteiger partial charge in [-0.3, -0.25) is 4.79 Å². The molecule has 10 heteroatoms. The highest BCUT2D eigenvalue weighted by atomic mass is 16.6. The molecule has 1 fully saturated rings. The van der Waals surface area contributed by atoms with E-state index in [-0.39, 0.29) is 24.7 Å². The standard InChI is InChI=1S/C23H25N5O5/c1-30-18-11-14-15(12-19(18)31-2)25-23(26-21(14)24)28-9-7-27(8-10-28)22(29)20-13-32-16-5-3-4-6-17(16)33-20/h3-6,11-12,20H,7-10,13H2,1-2H3,(H2,24,25,26)/i13D2/hD2. The molecule has 10 nitrogen and oxygen atoms in total. The van der Waals surface area contributed by atoms with Gasteiger partial charge in [-0.05, 0) is 18.2 Å². The number of hydrogen-bond acceptors (Lipinski definition) is 9. The van der Waals surface area contributed by atoms with Crippen LogP contribution >= 0.6 is 0 Å².